The van der Waals surface area contributed by atoms with Crippen molar-refractivity contribution in [3.8, 4) is 0 Å². The Kier molecular flexibility index (Phi) is 4.43. The van der Waals surface area contributed by atoms with Gasteiger partial charge in [-0.3, -0.25) is 0 Å². The summed E-state index contributed by atoms with van der Waals surface area (Å²) in [6, 6.07) is 1.12. The van der Waals surface area contributed by atoms with Crippen molar-refractivity contribution in [3.05, 3.63) is 12.7 Å². The lowest BCUT2D eigenvalue weighted by Gasteiger charge is -2.26. The van der Waals surface area contributed by atoms with Gasteiger partial charge in [-0.1, -0.05) is 6.08 Å². The molecular formula is C16H28N2O2. The van der Waals surface area contributed by atoms with Crippen LogP contribution in [0.5, 0.6) is 0 Å². The fourth-order valence-corrected chi connectivity index (χ4v) is 3.03. The third-order valence-corrected chi connectivity index (χ3v) is 4.13. The van der Waals surface area contributed by atoms with E-state index in [-0.39, 0.29) is 6.09 Å². The van der Waals surface area contributed by atoms with Crippen LogP contribution in [-0.4, -0.2) is 41.8 Å². The van der Waals surface area contributed by atoms with Gasteiger partial charge in [0.15, 0.2) is 0 Å². The van der Waals surface area contributed by atoms with Crippen LogP contribution in [0.3, 0.4) is 0 Å². The van der Waals surface area contributed by atoms with Crippen molar-refractivity contribution >= 4 is 6.09 Å². The molecule has 0 spiro atoms. The molecule has 4 heteroatoms. The van der Waals surface area contributed by atoms with Crippen LogP contribution in [0.4, 0.5) is 4.79 Å². The van der Waals surface area contributed by atoms with E-state index in [9.17, 15) is 4.79 Å². The maximum absolute atomic E-state index is 12.0. The molecule has 1 aliphatic carbocycles. The van der Waals surface area contributed by atoms with Crippen LogP contribution in [0.25, 0.3) is 0 Å². The normalized spacial score (nSPS) is 29.8. The van der Waals surface area contributed by atoms with E-state index < -0.39 is 5.60 Å². The Morgan fingerprint density at radius 2 is 2.05 bits per heavy atom. The largest absolute Gasteiger partial charge is 0.444 e. The molecule has 114 valence electrons. The lowest BCUT2D eigenvalue weighted by atomic mass is 10.2. The van der Waals surface area contributed by atoms with Gasteiger partial charge in [0, 0.05) is 25.2 Å². The van der Waals surface area contributed by atoms with Crippen LogP contribution in [0.2, 0.25) is 0 Å². The molecule has 3 unspecified atom stereocenters. The number of likely N-dealkylation sites (tertiary alicyclic amines) is 1. The van der Waals surface area contributed by atoms with Gasteiger partial charge in [-0.05, 0) is 52.4 Å². The molecule has 0 aromatic carbocycles. The molecule has 2 aliphatic rings. The summed E-state index contributed by atoms with van der Waals surface area (Å²) in [5, 5.41) is 3.67. The quantitative estimate of drug-likeness (QED) is 0.787. The third kappa shape index (κ3) is 3.75. The first-order valence-corrected chi connectivity index (χ1v) is 7.66. The number of hydrogen-bond acceptors (Lipinski definition) is 3. The number of nitrogens with zero attached hydrogens (tertiary/aromatic N) is 1. The fourth-order valence-electron chi connectivity index (χ4n) is 3.03. The van der Waals surface area contributed by atoms with E-state index in [2.05, 4.69) is 18.8 Å². The summed E-state index contributed by atoms with van der Waals surface area (Å²) in [5.74, 6) is 1.24. The van der Waals surface area contributed by atoms with Crippen molar-refractivity contribution in [1.29, 1.82) is 0 Å². The molecule has 1 heterocycles. The van der Waals surface area contributed by atoms with Crippen molar-refractivity contribution in [2.24, 2.45) is 11.8 Å². The zero-order valence-electron chi connectivity index (χ0n) is 13.2. The van der Waals surface area contributed by atoms with Crippen molar-refractivity contribution in [2.45, 2.75) is 58.2 Å². The van der Waals surface area contributed by atoms with Gasteiger partial charge in [0.05, 0.1) is 0 Å². The van der Waals surface area contributed by atoms with E-state index in [0.29, 0.717) is 23.9 Å². The average molecular weight is 280 g/mol. The Morgan fingerprint density at radius 3 is 2.55 bits per heavy atom. The monoisotopic (exact) mass is 280 g/mol. The predicted molar refractivity (Wildman–Crippen MR) is 80.6 cm³/mol. The smallest absolute Gasteiger partial charge is 0.410 e. The third-order valence-electron chi connectivity index (χ3n) is 4.13. The van der Waals surface area contributed by atoms with Gasteiger partial charge in [0.25, 0.3) is 0 Å². The summed E-state index contributed by atoms with van der Waals surface area (Å²) in [6.45, 7) is 13.4. The van der Waals surface area contributed by atoms with Crippen LogP contribution in [0.15, 0.2) is 12.7 Å². The first-order valence-electron chi connectivity index (χ1n) is 7.66. The summed E-state index contributed by atoms with van der Waals surface area (Å²) < 4.78 is 5.42. The van der Waals surface area contributed by atoms with E-state index in [1.807, 2.05) is 31.7 Å². The van der Waals surface area contributed by atoms with Gasteiger partial charge >= 0.3 is 6.09 Å². The first kappa shape index (κ1) is 15.4. The Labute approximate surface area is 122 Å². The van der Waals surface area contributed by atoms with Gasteiger partial charge in [0.2, 0.25) is 0 Å². The molecule has 1 aliphatic heterocycles. The molecule has 2 rings (SSSR count). The summed E-state index contributed by atoms with van der Waals surface area (Å²) in [6.07, 6.45) is 3.99. The molecule has 0 aromatic rings. The minimum atomic E-state index is -0.402. The zero-order chi connectivity index (χ0) is 14.9. The number of fused-ring (bicyclic) bond motifs is 1. The number of rotatable bonds is 5. The zero-order valence-corrected chi connectivity index (χ0v) is 13.2. The average Bonchev–Trinajstić information content (AvgIpc) is 2.79. The molecule has 20 heavy (non-hydrogen) atoms. The van der Waals surface area contributed by atoms with Crippen molar-refractivity contribution in [1.82, 2.24) is 10.2 Å². The van der Waals surface area contributed by atoms with Crippen LogP contribution in [0, 0.1) is 11.8 Å². The first-order chi connectivity index (χ1) is 9.31. The second-order valence-electron chi connectivity index (χ2n) is 7.17. The van der Waals surface area contributed by atoms with Gasteiger partial charge < -0.3 is 15.0 Å². The minimum Gasteiger partial charge on any atom is -0.444 e. The lowest BCUT2D eigenvalue weighted by molar-refractivity contribution is 0.0269. The number of ether oxygens (including phenoxy) is 1. The Bertz CT molecular complexity index is 363. The Balaban J connectivity index is 1.71. The maximum Gasteiger partial charge on any atom is 0.410 e. The number of nitrogens with one attached hydrogen (secondary N) is 1. The minimum absolute atomic E-state index is 0.164. The van der Waals surface area contributed by atoms with Crippen molar-refractivity contribution in [3.63, 3.8) is 0 Å². The van der Waals surface area contributed by atoms with E-state index in [1.165, 1.54) is 0 Å². The molecule has 0 aromatic heterocycles. The molecule has 3 atom stereocenters. The standard InChI is InChI=1S/C16H28N2O2/c1-6-7-8-11(2)17-14-12-9-18(10-13(12)14)15(19)20-16(3,4)5/h6,11-14,17H,1,7-10H2,2-5H3. The number of piperidine rings is 1. The van der Waals surface area contributed by atoms with Crippen LogP contribution in [-0.2, 0) is 4.74 Å². The van der Waals surface area contributed by atoms with E-state index in [0.717, 1.165) is 25.9 Å². The SMILES string of the molecule is C=CCCC(C)NC1C2CN(C(=O)OC(C)(C)C)CC21. The molecule has 1 saturated heterocycles. The highest BCUT2D eigenvalue weighted by Crippen LogP contribution is 2.46. The molecule has 2 fully saturated rings. The highest BCUT2D eigenvalue weighted by Gasteiger charge is 2.57. The summed E-state index contributed by atoms with van der Waals surface area (Å²) >= 11 is 0. The lowest BCUT2D eigenvalue weighted by Crippen LogP contribution is -2.40. The molecular weight excluding hydrogens is 252 g/mol. The summed E-state index contributed by atoms with van der Waals surface area (Å²) in [4.78, 5) is 13.8. The van der Waals surface area contributed by atoms with E-state index in [4.69, 9.17) is 4.74 Å². The second kappa shape index (κ2) is 5.76. The highest BCUT2D eigenvalue weighted by atomic mass is 16.6. The number of amides is 1. The highest BCUT2D eigenvalue weighted by molar-refractivity contribution is 5.69. The van der Waals surface area contributed by atoms with Crippen LogP contribution in [0.1, 0.15) is 40.5 Å². The number of allylic oxidation sites excluding steroid dienone is 1. The molecule has 0 radical (unpaired) electrons. The van der Waals surface area contributed by atoms with Crippen molar-refractivity contribution in [2.75, 3.05) is 13.1 Å². The van der Waals surface area contributed by atoms with E-state index in [1.54, 1.807) is 0 Å². The van der Waals surface area contributed by atoms with Gasteiger partial charge in [-0.25, -0.2) is 4.79 Å². The van der Waals surface area contributed by atoms with Gasteiger partial charge in [-0.2, -0.15) is 0 Å². The van der Waals surface area contributed by atoms with Crippen LogP contribution >= 0.6 is 0 Å². The topological polar surface area (TPSA) is 41.6 Å². The molecule has 1 amide bonds. The van der Waals surface area contributed by atoms with Crippen LogP contribution < -0.4 is 5.32 Å². The Morgan fingerprint density at radius 1 is 1.45 bits per heavy atom. The number of carbonyl (C=O) groups excluding carboxylic acids is 1. The number of hydrogen-bond donors (Lipinski definition) is 1. The summed E-state index contributed by atoms with van der Waals surface area (Å²) in [7, 11) is 0. The Hall–Kier alpha value is -1.03. The molecule has 4 nitrogen and oxygen atoms in total. The predicted octanol–water partition coefficient (Wildman–Crippen LogP) is 2.80. The van der Waals surface area contributed by atoms with Gasteiger partial charge in [-0.15, -0.1) is 6.58 Å². The van der Waals surface area contributed by atoms with E-state index >= 15 is 0 Å². The molecule has 0 bridgehead atoms. The fraction of sp³-hybridized carbons (Fsp3) is 0.812. The van der Waals surface area contributed by atoms with Gasteiger partial charge in [0.1, 0.15) is 5.60 Å². The maximum atomic E-state index is 12.0. The summed E-state index contributed by atoms with van der Waals surface area (Å²) in [5.41, 5.74) is -0.402. The molecule has 1 saturated carbocycles. The molecule has 1 N–H and O–H groups in total. The number of carbonyl (C=O) groups is 1. The van der Waals surface area contributed by atoms with Crippen molar-refractivity contribution < 1.29 is 9.53 Å². The second-order valence-corrected chi connectivity index (χ2v) is 7.17.